The average molecular weight is 831 g/mol. The quantitative estimate of drug-likeness (QED) is 0.117. The van der Waals surface area contributed by atoms with Gasteiger partial charge in [-0.1, -0.05) is 48.5 Å². The van der Waals surface area contributed by atoms with Crippen molar-refractivity contribution in [2.45, 2.75) is 123 Å². The summed E-state index contributed by atoms with van der Waals surface area (Å²) in [6.07, 6.45) is 0.541. The Balaban J connectivity index is 1.56. The molecule has 2 heterocycles. The second-order valence-corrected chi connectivity index (χ2v) is 18.1. The number of hydrogen-bond acceptors (Lipinski definition) is 10. The van der Waals surface area contributed by atoms with E-state index in [0.717, 1.165) is 16.5 Å². The summed E-state index contributed by atoms with van der Waals surface area (Å²) < 4.78 is 16.4. The number of aryl methyl sites for hydroxylation is 1. The number of nitrogens with zero attached hydrogens (tertiary/aromatic N) is 2. The van der Waals surface area contributed by atoms with E-state index in [1.54, 1.807) is 74.6 Å². The number of aromatic nitrogens is 1. The molecule has 0 saturated carbocycles. The molecule has 1 aliphatic heterocycles. The minimum atomic E-state index is -1.15. The van der Waals surface area contributed by atoms with Gasteiger partial charge in [0, 0.05) is 36.9 Å². The Morgan fingerprint density at radius 2 is 1.32 bits per heavy atom. The number of alkyl carbamates (subject to hydrolysis) is 2. The SMILES string of the molecule is CC(C)(C)OC(=O)NCCC(CCNC(=O)OC(C)(C)C)C(=O)[C@H]1C[C@@H](C(=O)N[C@@H](CCc2ccccc2)C(=O)Nc2cnc3ccccc3c2)N(C(=O)OC(C)(C)C)C1. The summed E-state index contributed by atoms with van der Waals surface area (Å²) in [6, 6.07) is 16.7. The second kappa shape index (κ2) is 20.5. The van der Waals surface area contributed by atoms with Gasteiger partial charge in [0.15, 0.2) is 0 Å². The summed E-state index contributed by atoms with van der Waals surface area (Å²) in [7, 11) is 0. The molecule has 15 nitrogen and oxygen atoms in total. The van der Waals surface area contributed by atoms with E-state index in [1.807, 2.05) is 54.6 Å². The number of rotatable bonds is 15. The van der Waals surface area contributed by atoms with Crippen LogP contribution < -0.4 is 21.3 Å². The molecular formula is C45H62N6O9. The summed E-state index contributed by atoms with van der Waals surface area (Å²) in [5.41, 5.74) is -0.181. The lowest BCUT2D eigenvalue weighted by atomic mass is 9.86. The van der Waals surface area contributed by atoms with Crippen LogP contribution in [0.4, 0.5) is 20.1 Å². The van der Waals surface area contributed by atoms with Crippen LogP contribution in [0.2, 0.25) is 0 Å². The lowest BCUT2D eigenvalue weighted by Crippen LogP contribution is -2.52. The van der Waals surface area contributed by atoms with Gasteiger partial charge in [0.05, 0.1) is 17.4 Å². The molecule has 1 fully saturated rings. The monoisotopic (exact) mass is 830 g/mol. The molecule has 2 aromatic carbocycles. The Labute approximate surface area is 353 Å². The van der Waals surface area contributed by atoms with Gasteiger partial charge in [-0.25, -0.2) is 14.4 Å². The third-order valence-electron chi connectivity index (χ3n) is 9.41. The lowest BCUT2D eigenvalue weighted by molar-refractivity contribution is -0.129. The summed E-state index contributed by atoms with van der Waals surface area (Å²) >= 11 is 0. The van der Waals surface area contributed by atoms with E-state index in [0.29, 0.717) is 12.1 Å². The number of ketones is 1. The smallest absolute Gasteiger partial charge is 0.410 e. The van der Waals surface area contributed by atoms with Crippen LogP contribution in [-0.4, -0.2) is 94.3 Å². The number of fused-ring (bicyclic) bond motifs is 1. The zero-order chi connectivity index (χ0) is 44.3. The molecule has 0 radical (unpaired) electrons. The van der Waals surface area contributed by atoms with Crippen molar-refractivity contribution in [2.24, 2.45) is 11.8 Å². The Hall–Kier alpha value is -5.73. The first-order valence-corrected chi connectivity index (χ1v) is 20.5. The van der Waals surface area contributed by atoms with Crippen molar-refractivity contribution in [2.75, 3.05) is 25.0 Å². The highest BCUT2D eigenvalue weighted by Crippen LogP contribution is 2.30. The molecular weight excluding hydrogens is 769 g/mol. The number of pyridine rings is 1. The first-order valence-electron chi connectivity index (χ1n) is 20.5. The molecule has 15 heteroatoms. The van der Waals surface area contributed by atoms with Gasteiger partial charge in [-0.05, 0) is 112 Å². The average Bonchev–Trinajstić information content (AvgIpc) is 3.60. The third-order valence-corrected chi connectivity index (χ3v) is 9.41. The van der Waals surface area contributed by atoms with Crippen molar-refractivity contribution in [3.8, 4) is 0 Å². The van der Waals surface area contributed by atoms with Crippen LogP contribution in [0.5, 0.6) is 0 Å². The fraction of sp³-hybridized carbons (Fsp3) is 0.533. The van der Waals surface area contributed by atoms with Crippen LogP contribution in [0.1, 0.15) is 93.6 Å². The van der Waals surface area contributed by atoms with Crippen LogP contribution >= 0.6 is 0 Å². The highest BCUT2D eigenvalue weighted by Gasteiger charge is 2.46. The predicted octanol–water partition coefficient (Wildman–Crippen LogP) is 6.93. The van der Waals surface area contributed by atoms with Crippen molar-refractivity contribution in [1.29, 1.82) is 0 Å². The number of nitrogens with one attached hydrogen (secondary N) is 4. The van der Waals surface area contributed by atoms with Crippen LogP contribution in [0.3, 0.4) is 0 Å². The molecule has 4 N–H and O–H groups in total. The predicted molar refractivity (Wildman–Crippen MR) is 228 cm³/mol. The number of amides is 5. The number of carbonyl (C=O) groups is 6. The molecule has 1 aliphatic rings. The van der Waals surface area contributed by atoms with E-state index in [4.69, 9.17) is 14.2 Å². The minimum absolute atomic E-state index is 0.0407. The third kappa shape index (κ3) is 15.5. The number of ether oxygens (including phenoxy) is 3. The zero-order valence-corrected chi connectivity index (χ0v) is 36.4. The van der Waals surface area contributed by atoms with E-state index in [9.17, 15) is 28.8 Å². The van der Waals surface area contributed by atoms with Crippen molar-refractivity contribution >= 4 is 52.5 Å². The number of anilines is 1. The number of carbonyl (C=O) groups excluding carboxylic acids is 6. The number of Topliss-reactive ketones (excluding diaryl/α,β-unsaturated/α-hetero) is 1. The Morgan fingerprint density at radius 1 is 0.750 bits per heavy atom. The molecule has 3 atom stereocenters. The van der Waals surface area contributed by atoms with Crippen LogP contribution in [0, 0.1) is 11.8 Å². The van der Waals surface area contributed by atoms with Gasteiger partial charge in [-0.2, -0.15) is 0 Å². The van der Waals surface area contributed by atoms with Gasteiger partial charge in [-0.3, -0.25) is 24.3 Å². The highest BCUT2D eigenvalue weighted by atomic mass is 16.6. The maximum atomic E-state index is 14.4. The van der Waals surface area contributed by atoms with Crippen LogP contribution in [0.25, 0.3) is 10.9 Å². The molecule has 4 rings (SSSR count). The van der Waals surface area contributed by atoms with E-state index in [-0.39, 0.29) is 51.1 Å². The summed E-state index contributed by atoms with van der Waals surface area (Å²) in [5, 5.41) is 12.0. The van der Waals surface area contributed by atoms with Gasteiger partial charge in [0.1, 0.15) is 34.7 Å². The van der Waals surface area contributed by atoms with E-state index >= 15 is 0 Å². The molecule has 3 aromatic rings. The number of likely N-dealkylation sites (tertiary alicyclic amines) is 1. The van der Waals surface area contributed by atoms with Gasteiger partial charge in [0.25, 0.3) is 0 Å². The Bertz CT molecular complexity index is 1940. The topological polar surface area (TPSA) is 194 Å². The first kappa shape index (κ1) is 47.0. The largest absolute Gasteiger partial charge is 0.444 e. The molecule has 60 heavy (non-hydrogen) atoms. The molecule has 1 saturated heterocycles. The zero-order valence-electron chi connectivity index (χ0n) is 36.4. The molecule has 5 amide bonds. The normalized spacial score (nSPS) is 16.1. The van der Waals surface area contributed by atoms with Gasteiger partial charge < -0.3 is 35.5 Å². The maximum Gasteiger partial charge on any atom is 0.410 e. The first-order chi connectivity index (χ1) is 28.1. The Kier molecular flexibility index (Phi) is 16.0. The molecule has 0 spiro atoms. The van der Waals surface area contributed by atoms with Crippen LogP contribution in [-0.2, 0) is 35.0 Å². The molecule has 0 unspecified atom stereocenters. The maximum absolute atomic E-state index is 14.4. The Morgan fingerprint density at radius 3 is 1.90 bits per heavy atom. The number of hydrogen-bond donors (Lipinski definition) is 4. The lowest BCUT2D eigenvalue weighted by Gasteiger charge is -2.29. The fourth-order valence-corrected chi connectivity index (χ4v) is 6.76. The van der Waals surface area contributed by atoms with Gasteiger partial charge in [0.2, 0.25) is 11.8 Å². The molecule has 1 aromatic heterocycles. The van der Waals surface area contributed by atoms with Crippen molar-refractivity contribution in [3.05, 3.63) is 72.4 Å². The number of para-hydroxylation sites is 1. The van der Waals surface area contributed by atoms with E-state index in [2.05, 4.69) is 26.3 Å². The van der Waals surface area contributed by atoms with Crippen molar-refractivity contribution < 1.29 is 43.0 Å². The summed E-state index contributed by atoms with van der Waals surface area (Å²) in [6.45, 7) is 15.6. The van der Waals surface area contributed by atoms with Crippen molar-refractivity contribution in [3.63, 3.8) is 0 Å². The van der Waals surface area contributed by atoms with Crippen LogP contribution in [0.15, 0.2) is 66.9 Å². The van der Waals surface area contributed by atoms with E-state index in [1.165, 1.54) is 4.90 Å². The van der Waals surface area contributed by atoms with Gasteiger partial charge in [-0.15, -0.1) is 0 Å². The standard InChI is InChI=1S/C45H62N6O9/c1-43(2,3)58-40(55)46-23-21-30(22-24-47-41(56)59-44(4,5)6)37(52)32-26-36(51(28-32)42(57)60-45(7,8)9)39(54)50-35(20-19-29-15-11-10-12-16-29)38(53)49-33-25-31-17-13-14-18-34(31)48-27-33/h10-18,25,27,30,32,35-36H,19-24,26,28H2,1-9H3,(H,46,55)(H,47,56)(H,49,53)(H,50,54)/t32-,35-,36-/m0/s1. The van der Waals surface area contributed by atoms with E-state index < -0.39 is 70.8 Å². The summed E-state index contributed by atoms with van der Waals surface area (Å²) in [5.74, 6) is -2.83. The minimum Gasteiger partial charge on any atom is -0.444 e. The molecule has 0 bridgehead atoms. The summed E-state index contributed by atoms with van der Waals surface area (Å²) in [4.78, 5) is 87.0. The number of benzene rings is 2. The second-order valence-electron chi connectivity index (χ2n) is 18.1. The highest BCUT2D eigenvalue weighted by molar-refractivity contribution is 5.99. The van der Waals surface area contributed by atoms with Crippen molar-refractivity contribution in [1.82, 2.24) is 25.8 Å². The molecule has 326 valence electrons. The molecule has 0 aliphatic carbocycles. The van der Waals surface area contributed by atoms with Gasteiger partial charge >= 0.3 is 18.3 Å². The fourth-order valence-electron chi connectivity index (χ4n) is 6.76.